The molecule has 2 heterocycles. The van der Waals surface area contributed by atoms with Crippen molar-refractivity contribution in [1.82, 2.24) is 15.4 Å². The van der Waals surface area contributed by atoms with Crippen LogP contribution in [0.2, 0.25) is 0 Å². The predicted molar refractivity (Wildman–Crippen MR) is 92.0 cm³/mol. The molecule has 0 bridgehead atoms. The molecule has 130 valence electrons. The molecule has 0 saturated carbocycles. The summed E-state index contributed by atoms with van der Waals surface area (Å²) < 4.78 is 18.7. The van der Waals surface area contributed by atoms with E-state index in [4.69, 9.17) is 4.52 Å². The van der Waals surface area contributed by atoms with Gasteiger partial charge < -0.3 is 9.84 Å². The Balaban J connectivity index is 1.95. The van der Waals surface area contributed by atoms with Gasteiger partial charge in [0.2, 0.25) is 0 Å². The number of rotatable bonds is 4. The number of carbonyl (C=O) groups is 1. The highest BCUT2D eigenvalue weighted by Gasteiger charge is 2.23. The number of hydrogen-bond acceptors (Lipinski definition) is 4. The zero-order valence-electron chi connectivity index (χ0n) is 14.5. The molecule has 0 fully saturated rings. The summed E-state index contributed by atoms with van der Waals surface area (Å²) in [5, 5.41) is 13.8. The average Bonchev–Trinajstić information content (AvgIpc) is 3.11. The van der Waals surface area contributed by atoms with Gasteiger partial charge in [-0.05, 0) is 31.9 Å². The van der Waals surface area contributed by atoms with Crippen LogP contribution in [-0.4, -0.2) is 21.3 Å². The van der Waals surface area contributed by atoms with Crippen LogP contribution in [0.1, 0.15) is 47.1 Å². The first-order valence-electron chi connectivity index (χ1n) is 7.97. The number of carbonyl (C=O) groups excluding carboxylic acids is 1. The largest absolute Gasteiger partial charge is 0.360 e. The molecule has 6 nitrogen and oxygen atoms in total. The van der Waals surface area contributed by atoms with E-state index in [2.05, 4.69) is 20.7 Å². The maximum Gasteiger partial charge on any atom is 0.262 e. The van der Waals surface area contributed by atoms with E-state index in [-0.39, 0.29) is 11.5 Å². The maximum absolute atomic E-state index is 13.5. The third-order valence-electron chi connectivity index (χ3n) is 4.04. The molecule has 7 heteroatoms. The monoisotopic (exact) mass is 342 g/mol. The molecule has 3 rings (SSSR count). The van der Waals surface area contributed by atoms with Crippen molar-refractivity contribution in [2.24, 2.45) is 0 Å². The molecular formula is C18H19FN4O2. The van der Waals surface area contributed by atoms with Gasteiger partial charge in [-0.2, -0.15) is 5.10 Å². The Bertz CT molecular complexity index is 927. The molecule has 0 atom stereocenters. The summed E-state index contributed by atoms with van der Waals surface area (Å²) in [5.41, 5.74) is 2.88. The Labute approximate surface area is 144 Å². The van der Waals surface area contributed by atoms with Gasteiger partial charge in [-0.15, -0.1) is 0 Å². The van der Waals surface area contributed by atoms with Gasteiger partial charge >= 0.3 is 0 Å². The Morgan fingerprint density at radius 3 is 2.72 bits per heavy atom. The Kier molecular flexibility index (Phi) is 4.39. The number of anilines is 1. The quantitative estimate of drug-likeness (QED) is 0.744. The van der Waals surface area contributed by atoms with Crippen LogP contribution < -0.4 is 5.32 Å². The highest BCUT2D eigenvalue weighted by Crippen LogP contribution is 2.28. The van der Waals surface area contributed by atoms with Crippen molar-refractivity contribution < 1.29 is 13.7 Å². The van der Waals surface area contributed by atoms with E-state index >= 15 is 0 Å². The second-order valence-electron chi connectivity index (χ2n) is 6.19. The van der Waals surface area contributed by atoms with E-state index < -0.39 is 11.7 Å². The van der Waals surface area contributed by atoms with Crippen molar-refractivity contribution in [2.75, 3.05) is 5.32 Å². The second-order valence-corrected chi connectivity index (χ2v) is 6.19. The minimum atomic E-state index is -0.408. The first-order chi connectivity index (χ1) is 11.9. The number of aromatic amines is 1. The number of aromatic nitrogens is 3. The lowest BCUT2D eigenvalue weighted by Gasteiger charge is -2.06. The van der Waals surface area contributed by atoms with Crippen molar-refractivity contribution in [3.63, 3.8) is 0 Å². The fourth-order valence-electron chi connectivity index (χ4n) is 2.74. The minimum absolute atomic E-state index is 0.262. The molecule has 0 aliphatic carbocycles. The molecule has 0 aliphatic heterocycles. The molecule has 0 aliphatic rings. The predicted octanol–water partition coefficient (Wildman–Crippen LogP) is 4.20. The standard InChI is InChI=1S/C18H19FN4O2/c1-9(2)15-10(3)17(22-21-15)20-18(24)14-11(4)25-23-16(14)12-6-5-7-13(19)8-12/h5-9H,1-4H3,(H2,20,21,22,24). The lowest BCUT2D eigenvalue weighted by Crippen LogP contribution is -2.14. The van der Waals surface area contributed by atoms with Gasteiger partial charge in [-0.1, -0.05) is 31.1 Å². The molecule has 25 heavy (non-hydrogen) atoms. The smallest absolute Gasteiger partial charge is 0.262 e. The van der Waals surface area contributed by atoms with Gasteiger partial charge in [0.1, 0.15) is 22.8 Å². The van der Waals surface area contributed by atoms with Crippen molar-refractivity contribution in [2.45, 2.75) is 33.6 Å². The molecule has 3 aromatic rings. The number of nitrogens with zero attached hydrogens (tertiary/aromatic N) is 2. The molecule has 0 saturated heterocycles. The van der Waals surface area contributed by atoms with E-state index in [1.54, 1.807) is 19.1 Å². The van der Waals surface area contributed by atoms with Crippen molar-refractivity contribution in [3.05, 3.63) is 52.7 Å². The molecule has 2 aromatic heterocycles. The van der Waals surface area contributed by atoms with Crippen LogP contribution in [0, 0.1) is 19.7 Å². The van der Waals surface area contributed by atoms with E-state index in [9.17, 15) is 9.18 Å². The zero-order chi connectivity index (χ0) is 18.1. The summed E-state index contributed by atoms with van der Waals surface area (Å²) >= 11 is 0. The fourth-order valence-corrected chi connectivity index (χ4v) is 2.74. The number of hydrogen-bond donors (Lipinski definition) is 2. The second kappa shape index (κ2) is 6.51. The van der Waals surface area contributed by atoms with Crippen LogP contribution >= 0.6 is 0 Å². The van der Waals surface area contributed by atoms with Gasteiger partial charge in [0.25, 0.3) is 5.91 Å². The summed E-state index contributed by atoms with van der Waals surface area (Å²) in [6, 6.07) is 5.87. The van der Waals surface area contributed by atoms with E-state index in [0.29, 0.717) is 22.8 Å². The highest BCUT2D eigenvalue weighted by atomic mass is 19.1. The third kappa shape index (κ3) is 3.17. The summed E-state index contributed by atoms with van der Waals surface area (Å²) in [4.78, 5) is 12.7. The molecular weight excluding hydrogens is 323 g/mol. The van der Waals surface area contributed by atoms with Crippen molar-refractivity contribution in [1.29, 1.82) is 0 Å². The summed E-state index contributed by atoms with van der Waals surface area (Å²) in [6.07, 6.45) is 0. The van der Waals surface area contributed by atoms with Gasteiger partial charge in [-0.3, -0.25) is 9.89 Å². The lowest BCUT2D eigenvalue weighted by atomic mass is 10.0. The van der Waals surface area contributed by atoms with Gasteiger partial charge in [0.05, 0.1) is 0 Å². The molecule has 0 radical (unpaired) electrons. The van der Waals surface area contributed by atoms with Crippen molar-refractivity contribution >= 4 is 11.7 Å². The fraction of sp³-hybridized carbons (Fsp3) is 0.278. The number of amides is 1. The molecule has 1 amide bonds. The van der Waals surface area contributed by atoms with Crippen LogP contribution in [0.15, 0.2) is 28.8 Å². The average molecular weight is 342 g/mol. The first-order valence-corrected chi connectivity index (χ1v) is 7.97. The van der Waals surface area contributed by atoms with Crippen LogP contribution in [0.4, 0.5) is 10.2 Å². The van der Waals surface area contributed by atoms with Crippen molar-refractivity contribution in [3.8, 4) is 11.3 Å². The maximum atomic E-state index is 13.5. The molecule has 2 N–H and O–H groups in total. The summed E-state index contributed by atoms with van der Waals surface area (Å²) in [7, 11) is 0. The molecule has 1 aromatic carbocycles. The molecule has 0 unspecified atom stereocenters. The summed E-state index contributed by atoms with van der Waals surface area (Å²) in [5.74, 6) is 0.268. The third-order valence-corrected chi connectivity index (χ3v) is 4.04. The number of nitrogens with one attached hydrogen (secondary N) is 2. The van der Waals surface area contributed by atoms with E-state index in [1.807, 2.05) is 20.8 Å². The van der Waals surface area contributed by atoms with E-state index in [1.165, 1.54) is 12.1 Å². The number of H-pyrrole nitrogens is 1. The lowest BCUT2D eigenvalue weighted by molar-refractivity contribution is 0.102. The number of halogens is 1. The Morgan fingerprint density at radius 2 is 2.08 bits per heavy atom. The topological polar surface area (TPSA) is 83.8 Å². The first kappa shape index (κ1) is 16.9. The van der Waals surface area contributed by atoms with Crippen LogP contribution in [0.3, 0.4) is 0 Å². The van der Waals surface area contributed by atoms with Crippen LogP contribution in [-0.2, 0) is 0 Å². The minimum Gasteiger partial charge on any atom is -0.360 e. The highest BCUT2D eigenvalue weighted by molar-refractivity contribution is 6.08. The van der Waals surface area contributed by atoms with Gasteiger partial charge in [0.15, 0.2) is 5.82 Å². The molecule has 0 spiro atoms. The van der Waals surface area contributed by atoms with E-state index in [0.717, 1.165) is 11.3 Å². The zero-order valence-corrected chi connectivity index (χ0v) is 14.5. The SMILES string of the molecule is Cc1onc(-c2cccc(F)c2)c1C(=O)Nc1n[nH]c(C(C)C)c1C. The van der Waals surface area contributed by atoms with Crippen LogP contribution in [0.25, 0.3) is 11.3 Å². The Morgan fingerprint density at radius 1 is 1.32 bits per heavy atom. The normalized spacial score (nSPS) is 11.1. The summed E-state index contributed by atoms with van der Waals surface area (Å²) in [6.45, 7) is 7.61. The Hall–Kier alpha value is -2.96. The van der Waals surface area contributed by atoms with Crippen LogP contribution in [0.5, 0.6) is 0 Å². The number of benzene rings is 1. The van der Waals surface area contributed by atoms with Gasteiger partial charge in [-0.25, -0.2) is 4.39 Å². The number of aryl methyl sites for hydroxylation is 1. The van der Waals surface area contributed by atoms with Gasteiger partial charge in [0, 0.05) is 16.8 Å².